The highest BCUT2D eigenvalue weighted by molar-refractivity contribution is 5.81. The van der Waals surface area contributed by atoms with Crippen LogP contribution in [0.3, 0.4) is 0 Å². The number of benzene rings is 2. The molecule has 0 atom stereocenters. The molecule has 2 aromatic carbocycles. The predicted octanol–water partition coefficient (Wildman–Crippen LogP) is 3.65. The van der Waals surface area contributed by atoms with Crippen molar-refractivity contribution in [1.29, 1.82) is 10.5 Å². The lowest BCUT2D eigenvalue weighted by Gasteiger charge is -2.10. The summed E-state index contributed by atoms with van der Waals surface area (Å²) in [6, 6.07) is 17.5. The highest BCUT2D eigenvalue weighted by Crippen LogP contribution is 2.30. The Kier molecular flexibility index (Phi) is 4.31. The van der Waals surface area contributed by atoms with E-state index < -0.39 is 5.56 Å². The van der Waals surface area contributed by atoms with Crippen LogP contribution in [0.25, 0.3) is 22.3 Å². The SMILES string of the molecule is Cc1ccc(-c2ccc(-c3c(C#N)c(N)[nH]c(=O)c3C#N)cc2)cc1C. The minimum absolute atomic E-state index is 0.0373. The molecule has 0 spiro atoms. The molecule has 3 rings (SSSR count). The van der Waals surface area contributed by atoms with Gasteiger partial charge in [0.15, 0.2) is 0 Å². The predicted molar refractivity (Wildman–Crippen MR) is 101 cm³/mol. The Morgan fingerprint density at radius 2 is 1.42 bits per heavy atom. The van der Waals surface area contributed by atoms with Gasteiger partial charge in [-0.1, -0.05) is 42.5 Å². The Hall–Kier alpha value is -3.83. The number of pyridine rings is 1. The van der Waals surface area contributed by atoms with Crippen LogP contribution in [-0.2, 0) is 0 Å². The summed E-state index contributed by atoms with van der Waals surface area (Å²) in [6.07, 6.45) is 0. The number of nitrogens with two attached hydrogens (primary N) is 1. The average Bonchev–Trinajstić information content (AvgIpc) is 2.63. The molecule has 0 bridgehead atoms. The second kappa shape index (κ2) is 6.58. The first-order chi connectivity index (χ1) is 12.5. The van der Waals surface area contributed by atoms with Gasteiger partial charge in [-0.2, -0.15) is 10.5 Å². The van der Waals surface area contributed by atoms with Crippen molar-refractivity contribution in [1.82, 2.24) is 4.98 Å². The molecule has 0 radical (unpaired) electrons. The number of hydrogen-bond donors (Lipinski definition) is 2. The Balaban J connectivity index is 2.16. The van der Waals surface area contributed by atoms with E-state index in [0.717, 1.165) is 11.1 Å². The highest BCUT2D eigenvalue weighted by atomic mass is 16.1. The van der Waals surface area contributed by atoms with Crippen LogP contribution in [-0.4, -0.2) is 4.98 Å². The van der Waals surface area contributed by atoms with Gasteiger partial charge >= 0.3 is 0 Å². The third-order valence-electron chi connectivity index (χ3n) is 4.48. The molecule has 3 aromatic rings. The largest absolute Gasteiger partial charge is 0.384 e. The summed E-state index contributed by atoms with van der Waals surface area (Å²) in [5, 5.41) is 18.7. The standard InChI is InChI=1S/C21H16N4O/c1-12-3-4-16(9-13(12)2)14-5-7-15(8-6-14)19-17(10-22)20(24)25-21(26)18(19)11-23/h3-9H,1-2H3,(H3,24,25,26). The normalized spacial score (nSPS) is 10.2. The third-order valence-corrected chi connectivity index (χ3v) is 4.48. The summed E-state index contributed by atoms with van der Waals surface area (Å²) in [5.74, 6) is -0.0373. The van der Waals surface area contributed by atoms with Crippen LogP contribution >= 0.6 is 0 Å². The van der Waals surface area contributed by atoms with Gasteiger partial charge in [0.2, 0.25) is 0 Å². The van der Waals surface area contributed by atoms with E-state index in [1.807, 2.05) is 30.3 Å². The number of nitrogen functional groups attached to an aromatic ring is 1. The van der Waals surface area contributed by atoms with Crippen molar-refractivity contribution < 1.29 is 0 Å². The maximum atomic E-state index is 12.0. The summed E-state index contributed by atoms with van der Waals surface area (Å²) >= 11 is 0. The first kappa shape index (κ1) is 17.0. The molecule has 0 aliphatic rings. The zero-order valence-electron chi connectivity index (χ0n) is 14.4. The lowest BCUT2D eigenvalue weighted by Crippen LogP contribution is -2.16. The molecule has 0 saturated heterocycles. The lowest BCUT2D eigenvalue weighted by molar-refractivity contribution is 1.21. The van der Waals surface area contributed by atoms with Crippen LogP contribution < -0.4 is 11.3 Å². The number of rotatable bonds is 2. The molecule has 26 heavy (non-hydrogen) atoms. The van der Waals surface area contributed by atoms with Crippen molar-refractivity contribution in [2.45, 2.75) is 13.8 Å². The zero-order valence-corrected chi connectivity index (χ0v) is 14.4. The van der Waals surface area contributed by atoms with E-state index in [0.29, 0.717) is 5.56 Å². The minimum Gasteiger partial charge on any atom is -0.384 e. The summed E-state index contributed by atoms with van der Waals surface area (Å²) in [5.41, 5.74) is 10.5. The molecular weight excluding hydrogens is 324 g/mol. The quantitative estimate of drug-likeness (QED) is 0.742. The number of nitriles is 2. The summed E-state index contributed by atoms with van der Waals surface area (Å²) in [7, 11) is 0. The van der Waals surface area contributed by atoms with Crippen LogP contribution in [0, 0.1) is 36.5 Å². The van der Waals surface area contributed by atoms with Crippen LogP contribution in [0.15, 0.2) is 47.3 Å². The second-order valence-electron chi connectivity index (χ2n) is 6.09. The van der Waals surface area contributed by atoms with Crippen LogP contribution in [0.4, 0.5) is 5.82 Å². The van der Waals surface area contributed by atoms with E-state index in [2.05, 4.69) is 31.0 Å². The maximum Gasteiger partial charge on any atom is 0.268 e. The molecule has 0 unspecified atom stereocenters. The van der Waals surface area contributed by atoms with Crippen molar-refractivity contribution >= 4 is 5.82 Å². The zero-order chi connectivity index (χ0) is 18.8. The van der Waals surface area contributed by atoms with Crippen LogP contribution in [0.2, 0.25) is 0 Å². The average molecular weight is 340 g/mol. The van der Waals surface area contributed by atoms with Gasteiger partial charge in [-0.05, 0) is 41.7 Å². The number of anilines is 1. The van der Waals surface area contributed by atoms with E-state index in [1.165, 1.54) is 11.1 Å². The number of nitrogens with one attached hydrogen (secondary N) is 1. The van der Waals surface area contributed by atoms with Crippen molar-refractivity contribution in [3.63, 3.8) is 0 Å². The van der Waals surface area contributed by atoms with Crippen molar-refractivity contribution in [2.75, 3.05) is 5.73 Å². The molecule has 0 aliphatic carbocycles. The van der Waals surface area contributed by atoms with Crippen molar-refractivity contribution in [3.8, 4) is 34.4 Å². The summed E-state index contributed by atoms with van der Waals surface area (Å²) in [4.78, 5) is 14.4. The topological polar surface area (TPSA) is 106 Å². The minimum atomic E-state index is -0.600. The molecule has 3 N–H and O–H groups in total. The molecule has 0 aliphatic heterocycles. The van der Waals surface area contributed by atoms with E-state index in [9.17, 15) is 15.3 Å². The maximum absolute atomic E-state index is 12.0. The number of aryl methyl sites for hydroxylation is 2. The first-order valence-corrected chi connectivity index (χ1v) is 8.00. The molecule has 5 nitrogen and oxygen atoms in total. The fourth-order valence-electron chi connectivity index (χ4n) is 2.88. The lowest BCUT2D eigenvalue weighted by atomic mass is 9.94. The molecule has 1 heterocycles. The number of H-pyrrole nitrogens is 1. The fourth-order valence-corrected chi connectivity index (χ4v) is 2.88. The van der Waals surface area contributed by atoms with Gasteiger partial charge in [-0.3, -0.25) is 4.79 Å². The van der Waals surface area contributed by atoms with Gasteiger partial charge in [-0.25, -0.2) is 0 Å². The van der Waals surface area contributed by atoms with E-state index in [1.54, 1.807) is 12.1 Å². The molecule has 1 aromatic heterocycles. The fraction of sp³-hybridized carbons (Fsp3) is 0.0952. The van der Waals surface area contributed by atoms with Crippen molar-refractivity contribution in [2.24, 2.45) is 0 Å². The van der Waals surface area contributed by atoms with E-state index in [4.69, 9.17) is 5.73 Å². The van der Waals surface area contributed by atoms with Gasteiger partial charge in [0.1, 0.15) is 29.1 Å². The molecule has 126 valence electrons. The number of aromatic nitrogens is 1. The monoisotopic (exact) mass is 340 g/mol. The van der Waals surface area contributed by atoms with Gasteiger partial charge in [-0.15, -0.1) is 0 Å². The Labute approximate surface area is 151 Å². The number of nitrogens with zero attached hydrogens (tertiary/aromatic N) is 2. The van der Waals surface area contributed by atoms with E-state index >= 15 is 0 Å². The number of aromatic amines is 1. The highest BCUT2D eigenvalue weighted by Gasteiger charge is 2.18. The Morgan fingerprint density at radius 1 is 0.846 bits per heavy atom. The summed E-state index contributed by atoms with van der Waals surface area (Å²) in [6.45, 7) is 4.12. The summed E-state index contributed by atoms with van der Waals surface area (Å²) < 4.78 is 0. The molecular formula is C21H16N4O. The second-order valence-corrected chi connectivity index (χ2v) is 6.09. The molecule has 0 fully saturated rings. The molecule has 5 heteroatoms. The molecule has 0 saturated carbocycles. The third kappa shape index (κ3) is 2.83. The van der Waals surface area contributed by atoms with Crippen LogP contribution in [0.5, 0.6) is 0 Å². The Bertz CT molecular complexity index is 1140. The van der Waals surface area contributed by atoms with Crippen molar-refractivity contribution in [3.05, 3.63) is 75.1 Å². The van der Waals surface area contributed by atoms with Crippen LogP contribution in [0.1, 0.15) is 22.3 Å². The van der Waals surface area contributed by atoms with Gasteiger partial charge in [0.25, 0.3) is 5.56 Å². The number of hydrogen-bond acceptors (Lipinski definition) is 4. The Morgan fingerprint density at radius 3 is 2.00 bits per heavy atom. The van der Waals surface area contributed by atoms with Gasteiger partial charge in [0, 0.05) is 5.56 Å². The van der Waals surface area contributed by atoms with Gasteiger partial charge in [0.05, 0.1) is 0 Å². The smallest absolute Gasteiger partial charge is 0.268 e. The van der Waals surface area contributed by atoms with E-state index in [-0.39, 0.29) is 22.5 Å². The van der Waals surface area contributed by atoms with Gasteiger partial charge < -0.3 is 10.7 Å². The molecule has 0 amide bonds. The first-order valence-electron chi connectivity index (χ1n) is 8.00.